The molecular weight excluding hydrogens is 397 g/mol. The van der Waals surface area contributed by atoms with Crippen LogP contribution in [0.25, 0.3) is 0 Å². The SMILES string of the molecule is N[C@@H](c1ccccc1)[C@@H](NCc1ccc(C(=O)NCP=S)cc1)c1ccccc1. The predicted molar refractivity (Wildman–Crippen MR) is 122 cm³/mol. The molecule has 3 rings (SSSR count). The molecule has 3 aromatic carbocycles. The van der Waals surface area contributed by atoms with Gasteiger partial charge in [-0.25, -0.2) is 0 Å². The molecule has 0 aliphatic heterocycles. The molecule has 0 bridgehead atoms. The maximum absolute atomic E-state index is 12.0. The third-order valence-corrected chi connectivity index (χ3v) is 5.42. The van der Waals surface area contributed by atoms with Crippen LogP contribution in [-0.2, 0) is 18.4 Å². The van der Waals surface area contributed by atoms with E-state index in [1.807, 2.05) is 60.7 Å². The van der Waals surface area contributed by atoms with E-state index in [0.717, 1.165) is 24.0 Å². The number of amides is 1. The number of carbonyl (C=O) groups is 1. The third kappa shape index (κ3) is 6.02. The number of carbonyl (C=O) groups excluding carboxylic acids is 1. The molecule has 0 fully saturated rings. The molecule has 0 radical (unpaired) electrons. The Bertz CT molecular complexity index is 920. The lowest BCUT2D eigenvalue weighted by atomic mass is 9.94. The van der Waals surface area contributed by atoms with Gasteiger partial charge in [0.05, 0.1) is 12.3 Å². The van der Waals surface area contributed by atoms with E-state index in [4.69, 9.17) is 17.5 Å². The third-order valence-electron chi connectivity index (χ3n) is 4.75. The summed E-state index contributed by atoms with van der Waals surface area (Å²) in [5.41, 5.74) is 10.6. The van der Waals surface area contributed by atoms with Gasteiger partial charge < -0.3 is 16.4 Å². The van der Waals surface area contributed by atoms with Crippen LogP contribution in [0, 0.1) is 0 Å². The molecule has 0 aliphatic carbocycles. The van der Waals surface area contributed by atoms with Crippen molar-refractivity contribution in [1.29, 1.82) is 0 Å². The lowest BCUT2D eigenvalue weighted by Crippen LogP contribution is -2.31. The highest BCUT2D eigenvalue weighted by Crippen LogP contribution is 2.27. The summed E-state index contributed by atoms with van der Waals surface area (Å²) in [5.74, 6) is -0.102. The van der Waals surface area contributed by atoms with Gasteiger partial charge in [-0.1, -0.05) is 84.6 Å². The largest absolute Gasteiger partial charge is 0.344 e. The van der Waals surface area contributed by atoms with Crippen LogP contribution in [0.2, 0.25) is 0 Å². The molecule has 4 nitrogen and oxygen atoms in total. The lowest BCUT2D eigenvalue weighted by Gasteiger charge is -2.26. The summed E-state index contributed by atoms with van der Waals surface area (Å²) in [6.07, 6.45) is 0.480. The second-order valence-electron chi connectivity index (χ2n) is 6.70. The minimum atomic E-state index is -0.179. The van der Waals surface area contributed by atoms with Crippen LogP contribution >= 0.6 is 7.36 Å². The first kappa shape index (κ1) is 21.3. The van der Waals surface area contributed by atoms with Crippen LogP contribution in [-0.4, -0.2) is 12.2 Å². The van der Waals surface area contributed by atoms with Crippen molar-refractivity contribution in [3.63, 3.8) is 0 Å². The smallest absolute Gasteiger partial charge is 0.251 e. The van der Waals surface area contributed by atoms with Gasteiger partial charge in [0.15, 0.2) is 0 Å². The van der Waals surface area contributed by atoms with E-state index in [1.54, 1.807) is 0 Å². The monoisotopic (exact) mass is 421 g/mol. The molecular formula is C23H24N3OPS. The summed E-state index contributed by atoms with van der Waals surface area (Å²) in [7, 11) is 0.729. The Morgan fingerprint density at radius 2 is 1.48 bits per heavy atom. The van der Waals surface area contributed by atoms with Gasteiger partial charge >= 0.3 is 0 Å². The normalized spacial score (nSPS) is 13.0. The molecule has 29 heavy (non-hydrogen) atoms. The summed E-state index contributed by atoms with van der Waals surface area (Å²) in [4.78, 5) is 12.0. The van der Waals surface area contributed by atoms with Crippen LogP contribution in [0.1, 0.15) is 39.1 Å². The van der Waals surface area contributed by atoms with Crippen molar-refractivity contribution in [2.75, 3.05) is 6.29 Å². The molecule has 0 aromatic heterocycles. The Labute approximate surface area is 178 Å². The highest BCUT2D eigenvalue weighted by atomic mass is 32.4. The van der Waals surface area contributed by atoms with Gasteiger partial charge in [-0.2, -0.15) is 0 Å². The maximum Gasteiger partial charge on any atom is 0.251 e. The Balaban J connectivity index is 1.72. The van der Waals surface area contributed by atoms with Crippen molar-refractivity contribution >= 4 is 25.1 Å². The van der Waals surface area contributed by atoms with E-state index >= 15 is 0 Å². The summed E-state index contributed by atoms with van der Waals surface area (Å²) in [5, 5.41) is 6.38. The standard InChI is InChI=1S/C23H24N3OPS/c24-21(18-7-3-1-4-8-18)22(19-9-5-2-6-10-19)25-15-17-11-13-20(14-12-17)23(27)26-16-28-29/h1-14,21-22,25H,15-16,24H2,(H,26,27)/t21-,22-/m0/s1. The molecule has 148 valence electrons. The average Bonchev–Trinajstić information content (AvgIpc) is 2.79. The highest BCUT2D eigenvalue weighted by molar-refractivity contribution is 7.96. The van der Waals surface area contributed by atoms with E-state index in [2.05, 4.69) is 34.9 Å². The van der Waals surface area contributed by atoms with Gasteiger partial charge in [-0.3, -0.25) is 4.79 Å². The summed E-state index contributed by atoms with van der Waals surface area (Å²) < 4.78 is 0. The molecule has 1 amide bonds. The fourth-order valence-corrected chi connectivity index (χ4v) is 3.59. The minimum absolute atomic E-state index is 0.0346. The number of nitrogens with two attached hydrogens (primary N) is 1. The molecule has 0 saturated carbocycles. The van der Waals surface area contributed by atoms with Crippen molar-refractivity contribution in [1.82, 2.24) is 10.6 Å². The first-order chi connectivity index (χ1) is 14.2. The predicted octanol–water partition coefficient (Wildman–Crippen LogP) is 4.31. The molecule has 0 heterocycles. The molecule has 3 aromatic rings. The maximum atomic E-state index is 12.0. The van der Waals surface area contributed by atoms with E-state index in [0.29, 0.717) is 18.4 Å². The molecule has 0 spiro atoms. The van der Waals surface area contributed by atoms with E-state index in [9.17, 15) is 4.79 Å². The molecule has 2 atom stereocenters. The zero-order valence-corrected chi connectivity index (χ0v) is 17.7. The first-order valence-corrected chi connectivity index (χ1v) is 11.5. The lowest BCUT2D eigenvalue weighted by molar-refractivity contribution is 0.0961. The topological polar surface area (TPSA) is 67.1 Å². The van der Waals surface area contributed by atoms with Crippen molar-refractivity contribution in [2.45, 2.75) is 18.6 Å². The molecule has 0 unspecified atom stereocenters. The number of hydrogen-bond acceptors (Lipinski definition) is 4. The van der Waals surface area contributed by atoms with Gasteiger partial charge in [0.1, 0.15) is 0 Å². The van der Waals surface area contributed by atoms with Crippen molar-refractivity contribution < 1.29 is 4.79 Å². The van der Waals surface area contributed by atoms with Crippen LogP contribution < -0.4 is 16.4 Å². The second kappa shape index (κ2) is 10.9. The van der Waals surface area contributed by atoms with Crippen LogP contribution in [0.15, 0.2) is 84.9 Å². The highest BCUT2D eigenvalue weighted by Gasteiger charge is 2.20. The van der Waals surface area contributed by atoms with Gasteiger partial charge in [0.2, 0.25) is 0 Å². The van der Waals surface area contributed by atoms with Crippen LogP contribution in [0.5, 0.6) is 0 Å². The summed E-state index contributed by atoms with van der Waals surface area (Å²) >= 11 is 4.84. The fraction of sp³-hybridized carbons (Fsp3) is 0.174. The van der Waals surface area contributed by atoms with Crippen LogP contribution in [0.3, 0.4) is 0 Å². The van der Waals surface area contributed by atoms with E-state index in [-0.39, 0.29) is 18.0 Å². The van der Waals surface area contributed by atoms with Gasteiger partial charge in [0.25, 0.3) is 5.91 Å². The zero-order valence-electron chi connectivity index (χ0n) is 16.0. The fourth-order valence-electron chi connectivity index (χ4n) is 3.19. The number of nitrogens with one attached hydrogen (secondary N) is 2. The molecule has 0 saturated heterocycles. The summed E-state index contributed by atoms with van der Waals surface area (Å²) in [6.45, 7) is 0.646. The quantitative estimate of drug-likeness (QED) is 0.451. The Morgan fingerprint density at radius 1 is 0.897 bits per heavy atom. The van der Waals surface area contributed by atoms with Gasteiger partial charge in [-0.05, 0) is 36.2 Å². The van der Waals surface area contributed by atoms with E-state index in [1.165, 1.54) is 0 Å². The zero-order chi connectivity index (χ0) is 20.5. The Kier molecular flexibility index (Phi) is 8.03. The van der Waals surface area contributed by atoms with Gasteiger partial charge in [0, 0.05) is 18.2 Å². The minimum Gasteiger partial charge on any atom is -0.344 e. The Hall–Kier alpha value is -2.43. The first-order valence-electron chi connectivity index (χ1n) is 9.44. The van der Waals surface area contributed by atoms with Crippen molar-refractivity contribution in [3.8, 4) is 0 Å². The van der Waals surface area contributed by atoms with Crippen molar-refractivity contribution in [3.05, 3.63) is 107 Å². The van der Waals surface area contributed by atoms with E-state index < -0.39 is 0 Å². The van der Waals surface area contributed by atoms with Crippen LogP contribution in [0.4, 0.5) is 0 Å². The second-order valence-corrected chi connectivity index (χ2v) is 8.04. The molecule has 0 aliphatic rings. The number of hydrogen-bond donors (Lipinski definition) is 3. The average molecular weight is 422 g/mol. The van der Waals surface area contributed by atoms with Gasteiger partial charge in [-0.15, -0.1) is 0 Å². The number of benzene rings is 3. The molecule has 4 N–H and O–H groups in total. The van der Waals surface area contributed by atoms with Crippen molar-refractivity contribution in [2.24, 2.45) is 5.73 Å². The Morgan fingerprint density at radius 3 is 2.07 bits per heavy atom. The molecule has 6 heteroatoms. The number of rotatable bonds is 9. The summed E-state index contributed by atoms with van der Waals surface area (Å²) in [6, 6.07) is 27.7.